The van der Waals surface area contributed by atoms with Crippen LogP contribution in [0.4, 0.5) is 0 Å². The second-order valence-electron chi connectivity index (χ2n) is 4.09. The standard InChI is InChI=1S/C15H12Cl2O2/c1-10(19-14-4-2-3-13(17)9-14)15(18)11-5-7-12(16)8-6-11/h2-10H,1H3/t10-/m1/s1. The van der Waals surface area contributed by atoms with Crippen LogP contribution in [0, 0.1) is 0 Å². The Kier molecular flexibility index (Phi) is 4.46. The van der Waals surface area contributed by atoms with Gasteiger partial charge in [-0.1, -0.05) is 29.3 Å². The number of Topliss-reactive ketones (excluding diaryl/α,β-unsaturated/α-hetero) is 1. The molecule has 2 aromatic rings. The predicted octanol–water partition coefficient (Wildman–Crippen LogP) is 4.64. The molecule has 2 aromatic carbocycles. The van der Waals surface area contributed by atoms with Crippen molar-refractivity contribution in [1.29, 1.82) is 0 Å². The molecule has 0 spiro atoms. The molecule has 0 aliphatic heterocycles. The molecule has 0 radical (unpaired) electrons. The Morgan fingerprint density at radius 2 is 1.74 bits per heavy atom. The van der Waals surface area contributed by atoms with Crippen LogP contribution in [0.25, 0.3) is 0 Å². The number of hydrogen-bond acceptors (Lipinski definition) is 2. The smallest absolute Gasteiger partial charge is 0.202 e. The molecular weight excluding hydrogens is 283 g/mol. The largest absolute Gasteiger partial charge is 0.483 e. The van der Waals surface area contributed by atoms with Gasteiger partial charge in [0.05, 0.1) is 0 Å². The van der Waals surface area contributed by atoms with E-state index in [9.17, 15) is 4.79 Å². The lowest BCUT2D eigenvalue weighted by molar-refractivity contribution is 0.0818. The Hall–Kier alpha value is -1.51. The van der Waals surface area contributed by atoms with Crippen LogP contribution in [0.2, 0.25) is 10.0 Å². The zero-order valence-electron chi connectivity index (χ0n) is 10.3. The number of benzene rings is 2. The zero-order valence-corrected chi connectivity index (χ0v) is 11.8. The van der Waals surface area contributed by atoms with Crippen LogP contribution in [-0.2, 0) is 0 Å². The van der Waals surface area contributed by atoms with Crippen molar-refractivity contribution in [1.82, 2.24) is 0 Å². The van der Waals surface area contributed by atoms with Crippen molar-refractivity contribution in [3.05, 3.63) is 64.1 Å². The lowest BCUT2D eigenvalue weighted by Gasteiger charge is -2.13. The van der Waals surface area contributed by atoms with Crippen molar-refractivity contribution in [2.24, 2.45) is 0 Å². The molecule has 0 N–H and O–H groups in total. The quantitative estimate of drug-likeness (QED) is 0.768. The van der Waals surface area contributed by atoms with Crippen molar-refractivity contribution in [3.8, 4) is 5.75 Å². The molecule has 0 fully saturated rings. The highest BCUT2D eigenvalue weighted by molar-refractivity contribution is 6.31. The Balaban J connectivity index is 2.09. The minimum absolute atomic E-state index is 0.100. The number of carbonyl (C=O) groups is 1. The average Bonchev–Trinajstić information content (AvgIpc) is 2.39. The van der Waals surface area contributed by atoms with Crippen molar-refractivity contribution in [3.63, 3.8) is 0 Å². The van der Waals surface area contributed by atoms with E-state index >= 15 is 0 Å². The van der Waals surface area contributed by atoms with E-state index in [0.29, 0.717) is 21.4 Å². The van der Waals surface area contributed by atoms with Gasteiger partial charge in [0.2, 0.25) is 5.78 Å². The Labute approximate surface area is 121 Å². The fourth-order valence-corrected chi connectivity index (χ4v) is 1.95. The second kappa shape index (κ2) is 6.09. The summed E-state index contributed by atoms with van der Waals surface area (Å²) >= 11 is 11.6. The van der Waals surface area contributed by atoms with Crippen LogP contribution in [-0.4, -0.2) is 11.9 Å². The predicted molar refractivity (Wildman–Crippen MR) is 77.3 cm³/mol. The number of halogens is 2. The van der Waals surface area contributed by atoms with Crippen molar-refractivity contribution >= 4 is 29.0 Å². The van der Waals surface area contributed by atoms with Crippen LogP contribution in [0.5, 0.6) is 5.75 Å². The summed E-state index contributed by atoms with van der Waals surface area (Å²) in [6.45, 7) is 1.71. The molecule has 4 heteroatoms. The Morgan fingerprint density at radius 3 is 2.37 bits per heavy atom. The normalized spacial score (nSPS) is 11.9. The number of ketones is 1. The highest BCUT2D eigenvalue weighted by Crippen LogP contribution is 2.20. The number of hydrogen-bond donors (Lipinski definition) is 0. The van der Waals surface area contributed by atoms with E-state index in [1.54, 1.807) is 55.5 Å². The molecule has 0 saturated heterocycles. The van der Waals surface area contributed by atoms with E-state index in [-0.39, 0.29) is 5.78 Å². The van der Waals surface area contributed by atoms with Crippen LogP contribution in [0.1, 0.15) is 17.3 Å². The summed E-state index contributed by atoms with van der Waals surface area (Å²) < 4.78 is 5.57. The third-order valence-corrected chi connectivity index (χ3v) is 3.09. The Bertz CT molecular complexity index is 579. The first-order valence-electron chi connectivity index (χ1n) is 5.78. The van der Waals surface area contributed by atoms with Gasteiger partial charge in [-0.2, -0.15) is 0 Å². The molecular formula is C15H12Cl2O2. The molecule has 0 aliphatic carbocycles. The summed E-state index contributed by atoms with van der Waals surface area (Å²) in [5, 5.41) is 1.17. The molecule has 19 heavy (non-hydrogen) atoms. The van der Waals surface area contributed by atoms with Gasteiger partial charge >= 0.3 is 0 Å². The number of rotatable bonds is 4. The van der Waals surface area contributed by atoms with E-state index in [1.165, 1.54) is 0 Å². The molecule has 0 aliphatic rings. The average molecular weight is 295 g/mol. The second-order valence-corrected chi connectivity index (χ2v) is 4.96. The lowest BCUT2D eigenvalue weighted by atomic mass is 10.1. The topological polar surface area (TPSA) is 26.3 Å². The summed E-state index contributed by atoms with van der Waals surface area (Å²) in [6, 6.07) is 13.7. The van der Waals surface area contributed by atoms with Crippen LogP contribution < -0.4 is 4.74 Å². The van der Waals surface area contributed by atoms with Crippen LogP contribution in [0.3, 0.4) is 0 Å². The molecule has 0 amide bonds. The minimum atomic E-state index is -0.584. The maximum atomic E-state index is 12.1. The number of ether oxygens (including phenoxy) is 1. The fourth-order valence-electron chi connectivity index (χ4n) is 1.65. The van der Waals surface area contributed by atoms with Gasteiger partial charge in [0.15, 0.2) is 6.10 Å². The van der Waals surface area contributed by atoms with Gasteiger partial charge in [0, 0.05) is 15.6 Å². The van der Waals surface area contributed by atoms with Crippen LogP contribution in [0.15, 0.2) is 48.5 Å². The Morgan fingerprint density at radius 1 is 1.05 bits per heavy atom. The molecule has 1 atom stereocenters. The zero-order chi connectivity index (χ0) is 13.8. The van der Waals surface area contributed by atoms with E-state index in [2.05, 4.69) is 0 Å². The third-order valence-electron chi connectivity index (χ3n) is 2.61. The van der Waals surface area contributed by atoms with Crippen molar-refractivity contribution in [2.45, 2.75) is 13.0 Å². The highest BCUT2D eigenvalue weighted by atomic mass is 35.5. The molecule has 0 bridgehead atoms. The van der Waals surface area contributed by atoms with Gasteiger partial charge in [-0.3, -0.25) is 4.79 Å². The van der Waals surface area contributed by atoms with E-state index in [4.69, 9.17) is 27.9 Å². The van der Waals surface area contributed by atoms with E-state index in [1.807, 2.05) is 0 Å². The fraction of sp³-hybridized carbons (Fsp3) is 0.133. The molecule has 98 valence electrons. The first-order chi connectivity index (χ1) is 9.06. The summed E-state index contributed by atoms with van der Waals surface area (Å²) in [6.07, 6.45) is -0.584. The first-order valence-corrected chi connectivity index (χ1v) is 6.54. The molecule has 0 heterocycles. The molecule has 0 aromatic heterocycles. The first kappa shape index (κ1) is 13.9. The SMILES string of the molecule is C[C@@H](Oc1cccc(Cl)c1)C(=O)c1ccc(Cl)cc1. The van der Waals surface area contributed by atoms with E-state index < -0.39 is 6.10 Å². The molecule has 2 rings (SSSR count). The van der Waals surface area contributed by atoms with Gasteiger partial charge in [0.25, 0.3) is 0 Å². The van der Waals surface area contributed by atoms with Gasteiger partial charge in [0.1, 0.15) is 5.75 Å². The maximum Gasteiger partial charge on any atom is 0.202 e. The summed E-state index contributed by atoms with van der Waals surface area (Å²) in [5.41, 5.74) is 0.568. The van der Waals surface area contributed by atoms with Gasteiger partial charge < -0.3 is 4.74 Å². The highest BCUT2D eigenvalue weighted by Gasteiger charge is 2.16. The summed E-state index contributed by atoms with van der Waals surface area (Å²) in [7, 11) is 0. The summed E-state index contributed by atoms with van der Waals surface area (Å²) in [4.78, 5) is 12.1. The van der Waals surface area contributed by atoms with Crippen molar-refractivity contribution < 1.29 is 9.53 Å². The van der Waals surface area contributed by atoms with Crippen molar-refractivity contribution in [2.75, 3.05) is 0 Å². The molecule has 2 nitrogen and oxygen atoms in total. The molecule has 0 saturated carbocycles. The van der Waals surface area contributed by atoms with Crippen LogP contribution >= 0.6 is 23.2 Å². The maximum absolute atomic E-state index is 12.1. The lowest BCUT2D eigenvalue weighted by Crippen LogP contribution is -2.23. The molecule has 0 unspecified atom stereocenters. The minimum Gasteiger partial charge on any atom is -0.483 e. The summed E-state index contributed by atoms with van der Waals surface area (Å²) in [5.74, 6) is 0.471. The third kappa shape index (κ3) is 3.72. The van der Waals surface area contributed by atoms with Gasteiger partial charge in [-0.25, -0.2) is 0 Å². The van der Waals surface area contributed by atoms with Gasteiger partial charge in [-0.15, -0.1) is 0 Å². The monoisotopic (exact) mass is 294 g/mol. The van der Waals surface area contributed by atoms with E-state index in [0.717, 1.165) is 0 Å². The number of carbonyl (C=O) groups excluding carboxylic acids is 1. The van der Waals surface area contributed by atoms with Gasteiger partial charge in [-0.05, 0) is 49.4 Å².